The third-order valence-electron chi connectivity index (χ3n) is 13.0. The molecule has 1 heterocycles. The number of rotatable bonds is 8. The smallest absolute Gasteiger partial charge is 0.340 e. The lowest BCUT2D eigenvalue weighted by Crippen LogP contribution is -2.82. The van der Waals surface area contributed by atoms with Crippen LogP contribution in [0.5, 0.6) is 0 Å². The van der Waals surface area contributed by atoms with Gasteiger partial charge in [-0.1, -0.05) is 19.1 Å². The summed E-state index contributed by atoms with van der Waals surface area (Å²) < 4.78 is 30.9. The number of nitrogens with two attached hydrogens (primary N) is 1. The van der Waals surface area contributed by atoms with Crippen molar-refractivity contribution in [3.63, 3.8) is 0 Å². The summed E-state index contributed by atoms with van der Waals surface area (Å²) in [4.78, 5) is 28.2. The Labute approximate surface area is 258 Å². The van der Waals surface area contributed by atoms with Gasteiger partial charge in [0, 0.05) is 75.5 Å². The highest BCUT2D eigenvalue weighted by Gasteiger charge is 2.92. The summed E-state index contributed by atoms with van der Waals surface area (Å²) in [6.07, 6.45) is 0.126. The Kier molecular flexibility index (Phi) is 6.98. The van der Waals surface area contributed by atoms with E-state index >= 15 is 0 Å². The number of fused-ring (bicyclic) bond motifs is 2. The molecule has 44 heavy (non-hydrogen) atoms. The molecule has 7 bridgehead atoms. The number of benzene rings is 1. The van der Waals surface area contributed by atoms with Gasteiger partial charge >= 0.3 is 11.9 Å². The van der Waals surface area contributed by atoms with Crippen LogP contribution in [0.1, 0.15) is 49.9 Å². The van der Waals surface area contributed by atoms with Gasteiger partial charge in [-0.15, -0.1) is 0 Å². The second-order valence-electron chi connectivity index (χ2n) is 14.2. The number of esters is 2. The predicted octanol–water partition coefficient (Wildman–Crippen LogP) is 1.63. The van der Waals surface area contributed by atoms with Crippen LogP contribution in [0.15, 0.2) is 24.3 Å². The number of methoxy groups -OCH3 is 3. The van der Waals surface area contributed by atoms with E-state index in [-0.39, 0.29) is 36.9 Å². The Morgan fingerprint density at radius 3 is 2.50 bits per heavy atom. The summed E-state index contributed by atoms with van der Waals surface area (Å²) in [5.41, 5.74) is 2.10. The number of carbonyl (C=O) groups excluding carboxylic acids is 2. The molecule has 7 rings (SSSR count). The summed E-state index contributed by atoms with van der Waals surface area (Å²) in [5, 5.41) is 26.4. The Balaban J connectivity index is 1.41. The molecule has 1 saturated heterocycles. The van der Waals surface area contributed by atoms with Crippen LogP contribution in [0.2, 0.25) is 0 Å². The van der Waals surface area contributed by atoms with Crippen molar-refractivity contribution < 1.29 is 43.5 Å². The number of hydrogen-bond acceptors (Lipinski definition) is 11. The second kappa shape index (κ2) is 10.1. The van der Waals surface area contributed by atoms with Crippen molar-refractivity contribution in [1.82, 2.24) is 4.90 Å². The highest BCUT2D eigenvalue weighted by Crippen LogP contribution is 2.80. The molecule has 5 saturated carbocycles. The van der Waals surface area contributed by atoms with Crippen LogP contribution >= 0.6 is 0 Å². The topological polar surface area (TPSA) is 150 Å². The predicted molar refractivity (Wildman–Crippen MR) is 157 cm³/mol. The molecule has 1 spiro atoms. The number of nitrogen functional groups attached to an aromatic ring is 1. The van der Waals surface area contributed by atoms with Crippen LogP contribution in [0.25, 0.3) is 0 Å². The Hall–Kier alpha value is -2.28. The summed E-state index contributed by atoms with van der Waals surface area (Å²) in [6.45, 7) is 4.73. The lowest BCUT2D eigenvalue weighted by Gasteiger charge is -2.70. The first-order chi connectivity index (χ1) is 21.0. The number of nitrogens with zero attached hydrogens (tertiary/aromatic N) is 1. The molecule has 242 valence electrons. The van der Waals surface area contributed by atoms with E-state index in [0.717, 1.165) is 0 Å². The maximum atomic E-state index is 13.4. The van der Waals surface area contributed by atoms with Crippen molar-refractivity contribution in [2.75, 3.05) is 46.8 Å². The van der Waals surface area contributed by atoms with E-state index in [1.165, 1.54) is 6.92 Å². The Morgan fingerprint density at radius 1 is 1.11 bits per heavy atom. The molecule has 0 aromatic heterocycles. The molecule has 5 aliphatic carbocycles. The average molecular weight is 615 g/mol. The largest absolute Gasteiger partial charge is 0.462 e. The van der Waals surface area contributed by atoms with Crippen LogP contribution in [0.3, 0.4) is 0 Å². The minimum Gasteiger partial charge on any atom is -0.462 e. The maximum Gasteiger partial charge on any atom is 0.340 e. The number of likely N-dealkylation sites (tertiary alicyclic amines) is 1. The fourth-order valence-electron chi connectivity index (χ4n) is 12.0. The molecule has 4 N–H and O–H groups in total. The van der Waals surface area contributed by atoms with Gasteiger partial charge in [0.05, 0.1) is 36.5 Å². The van der Waals surface area contributed by atoms with Crippen LogP contribution in [-0.2, 0) is 28.5 Å². The lowest BCUT2D eigenvalue weighted by molar-refractivity contribution is -0.319. The van der Waals surface area contributed by atoms with Crippen molar-refractivity contribution >= 4 is 17.6 Å². The summed E-state index contributed by atoms with van der Waals surface area (Å²) in [7, 11) is 4.93. The first kappa shape index (κ1) is 30.4. The van der Waals surface area contributed by atoms with Crippen LogP contribution in [-0.4, -0.2) is 110 Å². The Bertz CT molecular complexity index is 1340. The van der Waals surface area contributed by atoms with E-state index in [1.54, 1.807) is 45.6 Å². The van der Waals surface area contributed by atoms with Crippen molar-refractivity contribution in [2.45, 2.75) is 81.2 Å². The standard InChI is InChI=1S/C33H46N2O9/c1-6-35-15-30(16-43-28(37)18-9-7-8-10-21(18)34)12-11-23(41-4)32-20-13-19-22(40-3)14-31(38,24(20)25(19)44-17(2)36)33(39,29(32)35)27(42-5)26(30)32/h7-10,19-20,22-27,29,38-39H,6,11-16,34H2,1-5H3/t19-,20-,22+,23+,24-,25+,26-,27+,29+,30+,31-,32+,33+/m1/s1. The minimum atomic E-state index is -1.75. The second-order valence-corrected chi connectivity index (χ2v) is 14.2. The molecule has 1 aromatic carbocycles. The number of hydrogen-bond donors (Lipinski definition) is 3. The van der Waals surface area contributed by atoms with Gasteiger partial charge < -0.3 is 39.6 Å². The highest BCUT2D eigenvalue weighted by molar-refractivity contribution is 5.95. The third-order valence-corrected chi connectivity index (χ3v) is 13.0. The van der Waals surface area contributed by atoms with Crippen LogP contribution in [0, 0.1) is 34.5 Å². The first-order valence-corrected chi connectivity index (χ1v) is 16.0. The summed E-state index contributed by atoms with van der Waals surface area (Å²) >= 11 is 0. The van der Waals surface area contributed by atoms with E-state index < -0.39 is 64.2 Å². The zero-order valence-corrected chi connectivity index (χ0v) is 26.2. The molecule has 0 unspecified atom stereocenters. The van der Waals surface area contributed by atoms with Crippen molar-refractivity contribution in [1.29, 1.82) is 0 Å². The SMILES string of the molecule is CCN1C[C@]2(COC(=O)c3ccccc3N)CC[C@H](OC)[C@@]34[C@@H]5C[C@H]6[C@H](OC(C)=O)[C@@H]5[C@](O)(C[C@@H]6OC)[C@](O)([C@@H](OC)[C@H]23)[C@@H]14. The molecular formula is C33H46N2O9. The van der Waals surface area contributed by atoms with Gasteiger partial charge in [0.1, 0.15) is 17.3 Å². The van der Waals surface area contributed by atoms with Gasteiger partial charge in [-0.2, -0.15) is 0 Å². The molecular weight excluding hydrogens is 568 g/mol. The monoisotopic (exact) mass is 614 g/mol. The molecule has 6 aliphatic rings. The third kappa shape index (κ3) is 3.43. The van der Waals surface area contributed by atoms with Gasteiger partial charge in [0.15, 0.2) is 0 Å². The quantitative estimate of drug-likeness (QED) is 0.290. The number of carbonyl (C=O) groups is 2. The van der Waals surface area contributed by atoms with Gasteiger partial charge in [-0.05, 0) is 43.9 Å². The van der Waals surface area contributed by atoms with Crippen molar-refractivity contribution in [3.05, 3.63) is 29.8 Å². The molecule has 6 fully saturated rings. The highest BCUT2D eigenvalue weighted by atomic mass is 16.6. The van der Waals surface area contributed by atoms with E-state index in [2.05, 4.69) is 11.8 Å². The lowest BCUT2D eigenvalue weighted by atomic mass is 9.42. The van der Waals surface area contributed by atoms with Gasteiger partial charge in [-0.25, -0.2) is 4.79 Å². The van der Waals surface area contributed by atoms with E-state index in [1.807, 2.05) is 0 Å². The zero-order valence-electron chi connectivity index (χ0n) is 26.2. The first-order valence-electron chi connectivity index (χ1n) is 16.0. The van der Waals surface area contributed by atoms with E-state index in [9.17, 15) is 19.8 Å². The Morgan fingerprint density at radius 2 is 1.86 bits per heavy atom. The summed E-state index contributed by atoms with van der Waals surface area (Å²) in [5.74, 6) is -2.07. The maximum absolute atomic E-state index is 13.4. The average Bonchev–Trinajstić information content (AvgIpc) is 3.39. The molecule has 13 atom stereocenters. The fraction of sp³-hybridized carbons (Fsp3) is 0.758. The van der Waals surface area contributed by atoms with Crippen LogP contribution < -0.4 is 5.73 Å². The number of likely N-dealkylation sites (N-methyl/N-ethyl adjacent to an activating group) is 1. The normalized spacial score (nSPS) is 48.2. The molecule has 11 heteroatoms. The van der Waals surface area contributed by atoms with Crippen LogP contribution in [0.4, 0.5) is 5.69 Å². The van der Waals surface area contributed by atoms with E-state index in [0.29, 0.717) is 43.6 Å². The molecule has 11 nitrogen and oxygen atoms in total. The van der Waals surface area contributed by atoms with Crippen molar-refractivity contribution in [3.8, 4) is 0 Å². The summed E-state index contributed by atoms with van der Waals surface area (Å²) in [6, 6.07) is 6.38. The minimum absolute atomic E-state index is 0.107. The number of aliphatic hydroxyl groups is 2. The van der Waals surface area contributed by atoms with Gasteiger partial charge in [-0.3, -0.25) is 9.69 Å². The van der Waals surface area contributed by atoms with Crippen molar-refractivity contribution in [2.24, 2.45) is 34.5 Å². The number of anilines is 1. The van der Waals surface area contributed by atoms with E-state index in [4.69, 9.17) is 29.4 Å². The molecule has 1 aliphatic heterocycles. The van der Waals surface area contributed by atoms with Gasteiger partial charge in [0.25, 0.3) is 0 Å². The number of para-hydroxylation sites is 1. The fourth-order valence-corrected chi connectivity index (χ4v) is 12.0. The molecule has 1 aromatic rings. The number of ether oxygens (including phenoxy) is 5. The molecule has 0 amide bonds. The van der Waals surface area contributed by atoms with Gasteiger partial charge in [0.2, 0.25) is 0 Å². The molecule has 0 radical (unpaired) electrons. The zero-order chi connectivity index (χ0) is 31.4. The number of piperidine rings is 1.